The Hall–Kier alpha value is -0.660. The molecule has 0 bridgehead atoms. The molecule has 1 atom stereocenters. The molecule has 0 heterocycles. The van der Waals surface area contributed by atoms with Gasteiger partial charge in [0.1, 0.15) is 6.04 Å². The number of carbonyl (C=O) groups is 1. The van der Waals surface area contributed by atoms with Gasteiger partial charge in [-0.25, -0.2) is 4.72 Å². The van der Waals surface area contributed by atoms with Gasteiger partial charge in [-0.05, 0) is 24.7 Å². The van der Waals surface area contributed by atoms with Crippen molar-refractivity contribution < 1.29 is 18.3 Å². The highest BCUT2D eigenvalue weighted by molar-refractivity contribution is 7.87. The van der Waals surface area contributed by atoms with Crippen molar-refractivity contribution in [2.24, 2.45) is 11.8 Å². The number of hydrogen-bond acceptors (Lipinski definition) is 3. The largest absolute Gasteiger partial charge is 0.480 e. The van der Waals surface area contributed by atoms with Crippen molar-refractivity contribution in [3.63, 3.8) is 0 Å². The van der Waals surface area contributed by atoms with E-state index in [9.17, 15) is 13.2 Å². The molecule has 0 saturated heterocycles. The highest BCUT2D eigenvalue weighted by Crippen LogP contribution is 2.32. The summed E-state index contributed by atoms with van der Waals surface area (Å²) in [7, 11) is -3.71. The summed E-state index contributed by atoms with van der Waals surface area (Å²) >= 11 is 0. The third-order valence-corrected chi connectivity index (χ3v) is 3.43. The lowest BCUT2D eigenvalue weighted by atomic mass is 10.2. The summed E-state index contributed by atoms with van der Waals surface area (Å²) in [5.41, 5.74) is 0. The molecule has 1 saturated carbocycles. The van der Waals surface area contributed by atoms with Crippen LogP contribution in [0.1, 0.15) is 26.7 Å². The molecule has 7 heteroatoms. The summed E-state index contributed by atoms with van der Waals surface area (Å²) in [5, 5.41) is 8.87. The van der Waals surface area contributed by atoms with Crippen LogP contribution >= 0.6 is 0 Å². The molecule has 0 amide bonds. The van der Waals surface area contributed by atoms with Crippen molar-refractivity contribution in [1.29, 1.82) is 0 Å². The van der Waals surface area contributed by atoms with Gasteiger partial charge in [-0.1, -0.05) is 13.8 Å². The Morgan fingerprint density at radius 3 is 2.38 bits per heavy atom. The van der Waals surface area contributed by atoms with Gasteiger partial charge in [-0.3, -0.25) is 4.79 Å². The van der Waals surface area contributed by atoms with Crippen molar-refractivity contribution >= 4 is 16.2 Å². The predicted molar refractivity (Wildman–Crippen MR) is 59.0 cm³/mol. The molecule has 0 aromatic rings. The number of hydrogen-bond donors (Lipinski definition) is 3. The topological polar surface area (TPSA) is 95.5 Å². The van der Waals surface area contributed by atoms with Crippen molar-refractivity contribution in [1.82, 2.24) is 9.44 Å². The minimum absolute atomic E-state index is 0.0619. The first-order chi connectivity index (χ1) is 7.32. The van der Waals surface area contributed by atoms with E-state index < -0.39 is 22.2 Å². The zero-order valence-corrected chi connectivity index (χ0v) is 10.3. The maximum absolute atomic E-state index is 11.5. The number of carboxylic acids is 1. The van der Waals surface area contributed by atoms with Crippen molar-refractivity contribution in [2.75, 3.05) is 6.54 Å². The van der Waals surface area contributed by atoms with Crippen LogP contribution in [0.4, 0.5) is 0 Å². The molecule has 0 aromatic heterocycles. The van der Waals surface area contributed by atoms with Gasteiger partial charge in [-0.15, -0.1) is 0 Å². The fourth-order valence-corrected chi connectivity index (χ4v) is 2.53. The predicted octanol–water partition coefficient (Wildman–Crippen LogP) is -0.0704. The summed E-state index contributed by atoms with van der Waals surface area (Å²) < 4.78 is 27.5. The second kappa shape index (κ2) is 5.11. The SMILES string of the molecule is CC(C)CNS(=O)(=O)NC(C(=O)O)C1CC1. The van der Waals surface area contributed by atoms with E-state index in [4.69, 9.17) is 5.11 Å². The summed E-state index contributed by atoms with van der Waals surface area (Å²) in [4.78, 5) is 10.8. The third-order valence-electron chi connectivity index (χ3n) is 2.32. The second-order valence-corrected chi connectivity index (χ2v) is 6.05. The van der Waals surface area contributed by atoms with E-state index in [1.54, 1.807) is 0 Å². The Balaban J connectivity index is 2.52. The van der Waals surface area contributed by atoms with E-state index in [1.165, 1.54) is 0 Å². The Bertz CT molecular complexity index is 349. The van der Waals surface area contributed by atoms with Crippen LogP contribution in [0.15, 0.2) is 0 Å². The highest BCUT2D eigenvalue weighted by Gasteiger charge is 2.38. The highest BCUT2D eigenvalue weighted by atomic mass is 32.2. The zero-order chi connectivity index (χ0) is 12.3. The van der Waals surface area contributed by atoms with E-state index >= 15 is 0 Å². The van der Waals surface area contributed by atoms with E-state index in [2.05, 4.69) is 9.44 Å². The van der Waals surface area contributed by atoms with Crippen molar-refractivity contribution in [3.05, 3.63) is 0 Å². The zero-order valence-electron chi connectivity index (χ0n) is 9.43. The lowest BCUT2D eigenvalue weighted by Gasteiger charge is -2.15. The number of nitrogens with one attached hydrogen (secondary N) is 2. The standard InChI is InChI=1S/C9H18N2O4S/c1-6(2)5-10-16(14,15)11-8(9(12)13)7-3-4-7/h6-8,10-11H,3-5H2,1-2H3,(H,12,13). The average molecular weight is 250 g/mol. The van der Waals surface area contributed by atoms with Gasteiger partial charge in [0.05, 0.1) is 0 Å². The first-order valence-corrected chi connectivity index (χ1v) is 6.80. The van der Waals surface area contributed by atoms with Crippen LogP contribution in [0.25, 0.3) is 0 Å². The molecule has 1 aliphatic carbocycles. The minimum Gasteiger partial charge on any atom is -0.480 e. The van der Waals surface area contributed by atoms with Crippen LogP contribution in [0.3, 0.4) is 0 Å². The molecule has 0 radical (unpaired) electrons. The van der Waals surface area contributed by atoms with E-state index in [0.717, 1.165) is 12.8 Å². The molecule has 0 aliphatic heterocycles. The molecule has 0 aromatic carbocycles. The van der Waals surface area contributed by atoms with Gasteiger partial charge >= 0.3 is 5.97 Å². The molecular weight excluding hydrogens is 232 g/mol. The van der Waals surface area contributed by atoms with E-state index in [0.29, 0.717) is 6.54 Å². The van der Waals surface area contributed by atoms with Crippen LogP contribution in [0, 0.1) is 11.8 Å². The number of carboxylic acid groups (broad SMARTS) is 1. The van der Waals surface area contributed by atoms with Crippen LogP contribution in [-0.4, -0.2) is 32.1 Å². The molecule has 1 unspecified atom stereocenters. The Morgan fingerprint density at radius 1 is 1.44 bits per heavy atom. The number of rotatable bonds is 7. The molecule has 1 rings (SSSR count). The molecule has 3 N–H and O–H groups in total. The molecule has 6 nitrogen and oxygen atoms in total. The fourth-order valence-electron chi connectivity index (χ4n) is 1.26. The quantitative estimate of drug-likeness (QED) is 0.589. The third kappa shape index (κ3) is 4.46. The minimum atomic E-state index is -3.71. The Morgan fingerprint density at radius 2 is 2.00 bits per heavy atom. The maximum Gasteiger partial charge on any atom is 0.322 e. The normalized spacial score (nSPS) is 18.7. The van der Waals surface area contributed by atoms with Gasteiger partial charge < -0.3 is 5.11 Å². The van der Waals surface area contributed by atoms with E-state index in [1.807, 2.05) is 13.8 Å². The lowest BCUT2D eigenvalue weighted by molar-refractivity contribution is -0.139. The summed E-state index contributed by atoms with van der Waals surface area (Å²) in [6.07, 6.45) is 1.54. The first kappa shape index (κ1) is 13.4. The summed E-state index contributed by atoms with van der Waals surface area (Å²) in [5.74, 6) is -0.994. The van der Waals surface area contributed by atoms with Crippen molar-refractivity contribution in [3.8, 4) is 0 Å². The molecule has 94 valence electrons. The van der Waals surface area contributed by atoms with Crippen LogP contribution in [0.2, 0.25) is 0 Å². The number of aliphatic carboxylic acids is 1. The van der Waals surface area contributed by atoms with Crippen LogP contribution < -0.4 is 9.44 Å². The molecule has 16 heavy (non-hydrogen) atoms. The molecule has 0 spiro atoms. The summed E-state index contributed by atoms with van der Waals surface area (Å²) in [6, 6.07) is -0.996. The molecular formula is C9H18N2O4S. The van der Waals surface area contributed by atoms with Gasteiger partial charge in [0.15, 0.2) is 0 Å². The Labute approximate surface area is 95.6 Å². The van der Waals surface area contributed by atoms with E-state index in [-0.39, 0.29) is 11.8 Å². The monoisotopic (exact) mass is 250 g/mol. The molecule has 1 aliphatic rings. The van der Waals surface area contributed by atoms with Crippen LogP contribution in [0.5, 0.6) is 0 Å². The second-order valence-electron chi connectivity index (χ2n) is 4.52. The molecule has 1 fully saturated rings. The summed E-state index contributed by atoms with van der Waals surface area (Å²) in [6.45, 7) is 4.04. The van der Waals surface area contributed by atoms with Gasteiger partial charge in [0, 0.05) is 6.54 Å². The van der Waals surface area contributed by atoms with Gasteiger partial charge in [0.25, 0.3) is 10.2 Å². The smallest absolute Gasteiger partial charge is 0.322 e. The lowest BCUT2D eigenvalue weighted by Crippen LogP contribution is -2.48. The average Bonchev–Trinajstić information content (AvgIpc) is 2.94. The van der Waals surface area contributed by atoms with Crippen LogP contribution in [-0.2, 0) is 15.0 Å². The van der Waals surface area contributed by atoms with Gasteiger partial charge in [-0.2, -0.15) is 13.1 Å². The van der Waals surface area contributed by atoms with Crippen molar-refractivity contribution in [2.45, 2.75) is 32.7 Å². The Kier molecular flexibility index (Phi) is 4.28. The first-order valence-electron chi connectivity index (χ1n) is 5.31. The maximum atomic E-state index is 11.5. The fraction of sp³-hybridized carbons (Fsp3) is 0.889. The van der Waals surface area contributed by atoms with Gasteiger partial charge in [0.2, 0.25) is 0 Å².